The normalized spacial score (nSPS) is 11.0. The number of carboxylic acid groups (broad SMARTS) is 1. The lowest BCUT2D eigenvalue weighted by Gasteiger charge is -2.21. The van der Waals surface area contributed by atoms with E-state index in [1.54, 1.807) is 42.5 Å². The van der Waals surface area contributed by atoms with E-state index in [0.29, 0.717) is 16.9 Å². The average molecular weight is 363 g/mol. The smallest absolute Gasteiger partial charge is 0.347 e. The van der Waals surface area contributed by atoms with E-state index in [2.05, 4.69) is 15.9 Å². The maximum atomic E-state index is 12.5. The molecule has 0 aliphatic heterocycles. The summed E-state index contributed by atoms with van der Waals surface area (Å²) in [7, 11) is 0. The minimum atomic E-state index is -1.36. The second kappa shape index (κ2) is 6.32. The monoisotopic (exact) mass is 362 g/mol. The number of hydrogen-bond acceptors (Lipinski definition) is 3. The Morgan fingerprint density at radius 1 is 1.05 bits per heavy atom. The summed E-state index contributed by atoms with van der Waals surface area (Å²) >= 11 is 3.33. The molecule has 0 radical (unpaired) electrons. The Morgan fingerprint density at radius 3 is 2.23 bits per heavy atom. The summed E-state index contributed by atoms with van der Waals surface area (Å²) in [4.78, 5) is 23.6. The fourth-order valence-electron chi connectivity index (χ4n) is 1.84. The molecule has 1 N–H and O–H groups in total. The predicted molar refractivity (Wildman–Crippen MR) is 86.4 cm³/mol. The van der Waals surface area contributed by atoms with Gasteiger partial charge in [-0.15, -0.1) is 0 Å². The van der Waals surface area contributed by atoms with Gasteiger partial charge in [-0.05, 0) is 38.1 Å². The third-order valence-corrected chi connectivity index (χ3v) is 3.56. The van der Waals surface area contributed by atoms with E-state index in [9.17, 15) is 9.59 Å². The number of benzene rings is 2. The van der Waals surface area contributed by atoms with Gasteiger partial charge in [0.25, 0.3) is 0 Å². The lowest BCUT2D eigenvalue weighted by atomic mass is 10.0. The molecular formula is C17H15BrO4. The van der Waals surface area contributed by atoms with Crippen molar-refractivity contribution in [3.8, 4) is 5.75 Å². The molecule has 22 heavy (non-hydrogen) atoms. The Hall–Kier alpha value is -2.14. The third kappa shape index (κ3) is 3.74. The highest BCUT2D eigenvalue weighted by atomic mass is 79.9. The van der Waals surface area contributed by atoms with Crippen molar-refractivity contribution in [1.29, 1.82) is 0 Å². The van der Waals surface area contributed by atoms with Gasteiger partial charge in [-0.1, -0.05) is 40.2 Å². The Bertz CT molecular complexity index is 722. The van der Waals surface area contributed by atoms with Gasteiger partial charge in [0.15, 0.2) is 11.4 Å². The van der Waals surface area contributed by atoms with E-state index in [4.69, 9.17) is 9.84 Å². The number of ketones is 1. The molecule has 0 spiro atoms. The molecule has 0 heterocycles. The summed E-state index contributed by atoms with van der Waals surface area (Å²) in [5.74, 6) is -0.885. The molecule has 5 heteroatoms. The lowest BCUT2D eigenvalue weighted by molar-refractivity contribution is -0.152. The van der Waals surface area contributed by atoms with Gasteiger partial charge in [0, 0.05) is 15.6 Å². The molecule has 0 atom stereocenters. The first-order valence-electron chi connectivity index (χ1n) is 6.62. The van der Waals surface area contributed by atoms with E-state index >= 15 is 0 Å². The fourth-order valence-corrected chi connectivity index (χ4v) is 2.23. The summed E-state index contributed by atoms with van der Waals surface area (Å²) in [6.07, 6.45) is 0. The molecule has 0 aliphatic carbocycles. The van der Waals surface area contributed by atoms with Crippen molar-refractivity contribution >= 4 is 27.7 Å². The summed E-state index contributed by atoms with van der Waals surface area (Å²) in [5, 5.41) is 9.09. The van der Waals surface area contributed by atoms with Gasteiger partial charge in [0.2, 0.25) is 0 Å². The van der Waals surface area contributed by atoms with Crippen LogP contribution in [0, 0.1) is 0 Å². The predicted octanol–water partition coefficient (Wildman–Crippen LogP) is 3.92. The van der Waals surface area contributed by atoms with Crippen LogP contribution in [-0.4, -0.2) is 22.5 Å². The molecule has 0 fully saturated rings. The maximum absolute atomic E-state index is 12.5. The van der Waals surface area contributed by atoms with Crippen molar-refractivity contribution in [2.75, 3.05) is 0 Å². The van der Waals surface area contributed by atoms with Crippen LogP contribution >= 0.6 is 15.9 Å². The molecular weight excluding hydrogens is 348 g/mol. The Balaban J connectivity index is 2.29. The fraction of sp³-hybridized carbons (Fsp3) is 0.176. The Morgan fingerprint density at radius 2 is 1.64 bits per heavy atom. The molecule has 2 aromatic carbocycles. The van der Waals surface area contributed by atoms with Crippen LogP contribution in [0.5, 0.6) is 5.75 Å². The van der Waals surface area contributed by atoms with Crippen molar-refractivity contribution in [2.24, 2.45) is 0 Å². The molecule has 0 aliphatic rings. The van der Waals surface area contributed by atoms with Gasteiger partial charge < -0.3 is 9.84 Å². The first kappa shape index (κ1) is 16.2. The van der Waals surface area contributed by atoms with E-state index in [0.717, 1.165) is 4.47 Å². The average Bonchev–Trinajstić information content (AvgIpc) is 2.46. The van der Waals surface area contributed by atoms with E-state index in [1.807, 2.05) is 6.07 Å². The molecule has 0 bridgehead atoms. The van der Waals surface area contributed by atoms with Gasteiger partial charge in [-0.2, -0.15) is 0 Å². The highest BCUT2D eigenvalue weighted by Gasteiger charge is 2.29. The van der Waals surface area contributed by atoms with E-state index in [1.165, 1.54) is 13.8 Å². The van der Waals surface area contributed by atoms with Gasteiger partial charge in [0.05, 0.1) is 0 Å². The van der Waals surface area contributed by atoms with Gasteiger partial charge >= 0.3 is 5.97 Å². The topological polar surface area (TPSA) is 63.6 Å². The van der Waals surface area contributed by atoms with Crippen LogP contribution in [0.4, 0.5) is 0 Å². The number of rotatable bonds is 5. The zero-order valence-electron chi connectivity index (χ0n) is 12.2. The summed E-state index contributed by atoms with van der Waals surface area (Å²) in [5.41, 5.74) is -0.377. The van der Waals surface area contributed by atoms with Crippen LogP contribution in [0.2, 0.25) is 0 Å². The first-order valence-corrected chi connectivity index (χ1v) is 7.41. The molecule has 0 unspecified atom stereocenters. The highest BCUT2D eigenvalue weighted by Crippen LogP contribution is 2.22. The largest absolute Gasteiger partial charge is 0.478 e. The minimum Gasteiger partial charge on any atom is -0.478 e. The highest BCUT2D eigenvalue weighted by molar-refractivity contribution is 9.10. The number of aliphatic carboxylic acids is 1. The number of halogens is 1. The summed E-state index contributed by atoms with van der Waals surface area (Å²) in [6.45, 7) is 2.91. The van der Waals surface area contributed by atoms with E-state index < -0.39 is 11.6 Å². The molecule has 114 valence electrons. The molecule has 4 nitrogen and oxygen atoms in total. The molecule has 2 rings (SSSR count). The zero-order chi connectivity index (χ0) is 16.3. The van der Waals surface area contributed by atoms with Gasteiger partial charge in [-0.3, -0.25) is 4.79 Å². The number of ether oxygens (including phenoxy) is 1. The molecule has 0 aromatic heterocycles. The second-order valence-electron chi connectivity index (χ2n) is 5.28. The van der Waals surface area contributed by atoms with Crippen molar-refractivity contribution in [3.63, 3.8) is 0 Å². The van der Waals surface area contributed by atoms with E-state index in [-0.39, 0.29) is 5.78 Å². The number of carbonyl (C=O) groups excluding carboxylic acids is 1. The summed E-state index contributed by atoms with van der Waals surface area (Å²) < 4.78 is 6.27. The Labute approximate surface area is 136 Å². The molecule has 0 amide bonds. The number of carboxylic acids is 1. The standard InChI is InChI=1S/C17H15BrO4/c1-17(2,16(20)21)22-14-8-4-6-12(10-14)15(19)11-5-3-7-13(18)9-11/h3-10H,1-2H3,(H,20,21). The molecule has 2 aromatic rings. The van der Waals surface area contributed by atoms with Crippen LogP contribution in [0.3, 0.4) is 0 Å². The van der Waals surface area contributed by atoms with Crippen LogP contribution in [-0.2, 0) is 4.79 Å². The maximum Gasteiger partial charge on any atom is 0.347 e. The van der Waals surface area contributed by atoms with Crippen molar-refractivity contribution in [2.45, 2.75) is 19.4 Å². The summed E-state index contributed by atoms with van der Waals surface area (Å²) in [6, 6.07) is 13.6. The number of hydrogen-bond donors (Lipinski definition) is 1. The van der Waals surface area contributed by atoms with Gasteiger partial charge in [0.1, 0.15) is 5.75 Å². The molecule has 0 saturated carbocycles. The minimum absolute atomic E-state index is 0.153. The molecule has 0 saturated heterocycles. The van der Waals surface area contributed by atoms with Crippen LogP contribution in [0.25, 0.3) is 0 Å². The zero-order valence-corrected chi connectivity index (χ0v) is 13.8. The third-order valence-electron chi connectivity index (χ3n) is 3.07. The second-order valence-corrected chi connectivity index (χ2v) is 6.20. The first-order chi connectivity index (χ1) is 10.3. The van der Waals surface area contributed by atoms with Crippen LogP contribution in [0.15, 0.2) is 53.0 Å². The van der Waals surface area contributed by atoms with Crippen molar-refractivity contribution in [3.05, 3.63) is 64.1 Å². The van der Waals surface area contributed by atoms with Crippen LogP contribution in [0.1, 0.15) is 29.8 Å². The van der Waals surface area contributed by atoms with Crippen LogP contribution < -0.4 is 4.74 Å². The van der Waals surface area contributed by atoms with Gasteiger partial charge in [-0.25, -0.2) is 4.79 Å². The van der Waals surface area contributed by atoms with Crippen molar-refractivity contribution < 1.29 is 19.4 Å². The Kier molecular flexibility index (Phi) is 4.66. The SMILES string of the molecule is CC(C)(Oc1cccc(C(=O)c2cccc(Br)c2)c1)C(=O)O. The quantitative estimate of drug-likeness (QED) is 0.818. The van der Waals surface area contributed by atoms with Crippen molar-refractivity contribution in [1.82, 2.24) is 0 Å². The number of carbonyl (C=O) groups is 2. The lowest BCUT2D eigenvalue weighted by Crippen LogP contribution is -2.37.